The van der Waals surface area contributed by atoms with Crippen molar-refractivity contribution in [1.29, 1.82) is 0 Å². The number of nitrogens with one attached hydrogen (secondary N) is 2. The molecule has 114 valence electrons. The van der Waals surface area contributed by atoms with Crippen molar-refractivity contribution in [3.8, 4) is 0 Å². The molecule has 1 unspecified atom stereocenters. The number of aromatic nitrogens is 2. The van der Waals surface area contributed by atoms with Crippen LogP contribution in [0.3, 0.4) is 0 Å². The van der Waals surface area contributed by atoms with E-state index in [4.69, 9.17) is 0 Å². The van der Waals surface area contributed by atoms with Gasteiger partial charge in [-0.2, -0.15) is 4.98 Å². The minimum atomic E-state index is -3.58. The van der Waals surface area contributed by atoms with Gasteiger partial charge < -0.3 is 9.84 Å². The Bertz CT molecular complexity index is 653. The molecule has 0 fully saturated rings. The van der Waals surface area contributed by atoms with E-state index in [1.165, 1.54) is 0 Å². The van der Waals surface area contributed by atoms with Crippen LogP contribution in [0.25, 0.3) is 0 Å². The second-order valence-corrected chi connectivity index (χ2v) is 6.29. The van der Waals surface area contributed by atoms with Crippen LogP contribution in [0.4, 0.5) is 0 Å². The summed E-state index contributed by atoms with van der Waals surface area (Å²) in [5, 5.41) is 6.82. The van der Waals surface area contributed by atoms with Gasteiger partial charge in [-0.3, -0.25) is 0 Å². The van der Waals surface area contributed by atoms with E-state index in [0.717, 1.165) is 18.5 Å². The van der Waals surface area contributed by atoms with Crippen LogP contribution in [0.1, 0.15) is 31.3 Å². The van der Waals surface area contributed by atoms with E-state index in [1.807, 2.05) is 13.8 Å². The maximum Gasteiger partial charge on any atom is 0.240 e. The molecule has 0 bridgehead atoms. The molecule has 1 atom stereocenters. The molecule has 0 saturated heterocycles. The molecular formula is C13H18N4O3S. The third-order valence-electron chi connectivity index (χ3n) is 3.03. The fourth-order valence-electron chi connectivity index (χ4n) is 1.87. The lowest BCUT2D eigenvalue weighted by molar-refractivity contribution is 0.409. The van der Waals surface area contributed by atoms with E-state index in [2.05, 4.69) is 24.7 Å². The molecule has 7 nitrogen and oxygen atoms in total. The first-order valence-corrected chi connectivity index (χ1v) is 8.09. The molecular weight excluding hydrogens is 292 g/mol. The molecule has 0 saturated carbocycles. The number of sulfonamides is 1. The summed E-state index contributed by atoms with van der Waals surface area (Å²) in [7, 11) is -3.58. The first-order chi connectivity index (χ1) is 10.0. The monoisotopic (exact) mass is 310 g/mol. The van der Waals surface area contributed by atoms with Gasteiger partial charge in [0, 0.05) is 6.04 Å². The maximum atomic E-state index is 12.1. The van der Waals surface area contributed by atoms with Crippen LogP contribution in [0.15, 0.2) is 40.1 Å². The minimum Gasteiger partial charge on any atom is -0.343 e. The van der Waals surface area contributed by atoms with Crippen LogP contribution < -0.4 is 10.0 Å². The van der Waals surface area contributed by atoms with E-state index in [1.54, 1.807) is 24.3 Å². The third-order valence-corrected chi connectivity index (χ3v) is 4.45. The lowest BCUT2D eigenvalue weighted by Crippen LogP contribution is -2.24. The summed E-state index contributed by atoms with van der Waals surface area (Å²) in [5.74, 6) is 0.288. The fourth-order valence-corrected chi connectivity index (χ4v) is 2.85. The van der Waals surface area contributed by atoms with Gasteiger partial charge >= 0.3 is 0 Å². The van der Waals surface area contributed by atoms with Crippen LogP contribution in [0.2, 0.25) is 0 Å². The van der Waals surface area contributed by atoms with E-state index >= 15 is 0 Å². The molecule has 0 amide bonds. The van der Waals surface area contributed by atoms with E-state index < -0.39 is 10.0 Å². The molecule has 0 aliphatic heterocycles. The Hall–Kier alpha value is -1.77. The molecule has 0 radical (unpaired) electrons. The summed E-state index contributed by atoms with van der Waals surface area (Å²) in [5.41, 5.74) is 1.04. The highest BCUT2D eigenvalue weighted by atomic mass is 32.2. The predicted octanol–water partition coefficient (Wildman–Crippen LogP) is 1.22. The Morgan fingerprint density at radius 3 is 2.57 bits per heavy atom. The highest BCUT2D eigenvalue weighted by Gasteiger charge is 2.15. The van der Waals surface area contributed by atoms with Gasteiger partial charge in [0.2, 0.25) is 16.4 Å². The zero-order valence-corrected chi connectivity index (χ0v) is 12.7. The zero-order chi connectivity index (χ0) is 15.3. The van der Waals surface area contributed by atoms with Crippen molar-refractivity contribution in [3.63, 3.8) is 0 Å². The van der Waals surface area contributed by atoms with Crippen LogP contribution in [0, 0.1) is 0 Å². The van der Waals surface area contributed by atoms with Crippen molar-refractivity contribution in [3.05, 3.63) is 42.0 Å². The lowest BCUT2D eigenvalue weighted by Gasteiger charge is -2.13. The quantitative estimate of drug-likeness (QED) is 0.798. The number of nitrogens with zero attached hydrogens (tertiary/aromatic N) is 2. The summed E-state index contributed by atoms with van der Waals surface area (Å²) in [6.45, 7) is 4.90. The summed E-state index contributed by atoms with van der Waals surface area (Å²) >= 11 is 0. The Morgan fingerprint density at radius 1 is 1.29 bits per heavy atom. The van der Waals surface area contributed by atoms with E-state index in [-0.39, 0.29) is 23.3 Å². The van der Waals surface area contributed by atoms with Crippen molar-refractivity contribution in [1.82, 2.24) is 20.2 Å². The van der Waals surface area contributed by atoms with Gasteiger partial charge in [0.25, 0.3) is 0 Å². The summed E-state index contributed by atoms with van der Waals surface area (Å²) in [6.07, 6.45) is 1.15. The van der Waals surface area contributed by atoms with Crippen LogP contribution in [0.5, 0.6) is 0 Å². The number of rotatable bonds is 7. The maximum absolute atomic E-state index is 12.1. The smallest absolute Gasteiger partial charge is 0.240 e. The zero-order valence-electron chi connectivity index (χ0n) is 11.9. The highest BCUT2D eigenvalue weighted by Crippen LogP contribution is 2.16. The summed E-state index contributed by atoms with van der Waals surface area (Å²) in [6, 6.07) is 6.95. The first kappa shape index (κ1) is 15.6. The summed E-state index contributed by atoms with van der Waals surface area (Å²) in [4.78, 5) is 3.96. The Morgan fingerprint density at radius 2 is 2.00 bits per heavy atom. The Balaban J connectivity index is 2.06. The largest absolute Gasteiger partial charge is 0.343 e. The van der Waals surface area contributed by atoms with Crippen molar-refractivity contribution in [2.24, 2.45) is 0 Å². The summed E-state index contributed by atoms with van der Waals surface area (Å²) < 4.78 is 31.2. The first-order valence-electron chi connectivity index (χ1n) is 6.61. The lowest BCUT2D eigenvalue weighted by atomic mass is 10.1. The molecule has 1 aromatic heterocycles. The SMILES string of the molecule is CCNC(C)c1ccc(S(=O)(=O)NCc2ncon2)cc1. The molecule has 8 heteroatoms. The van der Waals surface area contributed by atoms with Crippen molar-refractivity contribution in [2.75, 3.05) is 6.54 Å². The Kier molecular flexibility index (Phi) is 5.05. The van der Waals surface area contributed by atoms with Gasteiger partial charge in [0.1, 0.15) is 0 Å². The minimum absolute atomic E-state index is 0.00558. The molecule has 1 aromatic carbocycles. The van der Waals surface area contributed by atoms with E-state index in [0.29, 0.717) is 0 Å². The van der Waals surface area contributed by atoms with Gasteiger partial charge in [0.05, 0.1) is 11.4 Å². The Labute approximate surface area is 123 Å². The topological polar surface area (TPSA) is 97.1 Å². The van der Waals surface area contributed by atoms with E-state index in [9.17, 15) is 8.42 Å². The average molecular weight is 310 g/mol. The number of hydrogen-bond donors (Lipinski definition) is 2. The highest BCUT2D eigenvalue weighted by molar-refractivity contribution is 7.89. The van der Waals surface area contributed by atoms with Crippen LogP contribution >= 0.6 is 0 Å². The number of hydrogen-bond acceptors (Lipinski definition) is 6. The van der Waals surface area contributed by atoms with Gasteiger partial charge in [-0.25, -0.2) is 13.1 Å². The fraction of sp³-hybridized carbons (Fsp3) is 0.385. The molecule has 2 N–H and O–H groups in total. The van der Waals surface area contributed by atoms with Crippen molar-refractivity contribution >= 4 is 10.0 Å². The molecule has 0 aliphatic carbocycles. The molecule has 1 heterocycles. The molecule has 0 aliphatic rings. The molecule has 21 heavy (non-hydrogen) atoms. The standard InChI is InChI=1S/C13H18N4O3S/c1-3-14-10(2)11-4-6-12(7-5-11)21(18,19)16-8-13-15-9-20-17-13/h4-7,9-10,14,16H,3,8H2,1-2H3. The average Bonchev–Trinajstić information content (AvgIpc) is 2.99. The predicted molar refractivity (Wildman–Crippen MR) is 76.9 cm³/mol. The molecule has 0 spiro atoms. The normalized spacial score (nSPS) is 13.2. The molecule has 2 aromatic rings. The van der Waals surface area contributed by atoms with Gasteiger partial charge in [-0.15, -0.1) is 0 Å². The second-order valence-electron chi connectivity index (χ2n) is 4.52. The van der Waals surface area contributed by atoms with Crippen molar-refractivity contribution in [2.45, 2.75) is 31.3 Å². The van der Waals surface area contributed by atoms with Crippen molar-refractivity contribution < 1.29 is 12.9 Å². The second kappa shape index (κ2) is 6.79. The number of benzene rings is 1. The van der Waals surface area contributed by atoms with Crippen LogP contribution in [-0.2, 0) is 16.6 Å². The van der Waals surface area contributed by atoms with Gasteiger partial charge in [0.15, 0.2) is 5.82 Å². The van der Waals surface area contributed by atoms with Gasteiger partial charge in [-0.1, -0.05) is 24.2 Å². The third kappa shape index (κ3) is 4.10. The van der Waals surface area contributed by atoms with Gasteiger partial charge in [-0.05, 0) is 31.2 Å². The molecule has 2 rings (SSSR count). The van der Waals surface area contributed by atoms with Crippen LogP contribution in [-0.4, -0.2) is 25.1 Å².